The number of ether oxygens (including phenoxy) is 3. The van der Waals surface area contributed by atoms with Gasteiger partial charge >= 0.3 is 5.97 Å². The zero-order valence-electron chi connectivity index (χ0n) is 17.5. The molecule has 0 saturated heterocycles. The second-order valence-corrected chi connectivity index (χ2v) is 6.95. The Labute approximate surface area is 177 Å². The minimum absolute atomic E-state index is 0.0493. The topological polar surface area (TPSA) is 56.8 Å². The smallest absolute Gasteiger partial charge is 0.338 e. The van der Waals surface area contributed by atoms with E-state index >= 15 is 0 Å². The highest BCUT2D eigenvalue weighted by atomic mass is 16.5. The Hall–Kier alpha value is -3.31. The summed E-state index contributed by atoms with van der Waals surface area (Å²) in [4.78, 5) is 12.9. The molecule has 0 bridgehead atoms. The summed E-state index contributed by atoms with van der Waals surface area (Å²) in [5.74, 6) is 0.637. The summed E-state index contributed by atoms with van der Waals surface area (Å²) in [5, 5.41) is 3.16. The molecule has 2 unspecified atom stereocenters. The number of likely N-dealkylation sites (N-methyl/N-ethyl adjacent to an activating group) is 1. The van der Waals surface area contributed by atoms with E-state index in [0.717, 1.165) is 11.1 Å². The van der Waals surface area contributed by atoms with Gasteiger partial charge in [0.15, 0.2) is 11.5 Å². The normalized spacial score (nSPS) is 12.6. The van der Waals surface area contributed by atoms with Crippen LogP contribution in [0.2, 0.25) is 0 Å². The first kappa shape index (κ1) is 21.4. The molecule has 0 saturated carbocycles. The number of hydrogen-bond donors (Lipinski definition) is 1. The number of rotatable bonds is 9. The SMILES string of the molecule is CNC(C)C(OC(=O)c1ccc(OCc2ccccc2)c(OC)c1)c1ccccc1. The molecule has 0 fully saturated rings. The number of hydrogen-bond acceptors (Lipinski definition) is 5. The van der Waals surface area contributed by atoms with Crippen molar-refractivity contribution < 1.29 is 19.0 Å². The molecule has 0 aromatic heterocycles. The molecule has 5 heteroatoms. The summed E-state index contributed by atoms with van der Waals surface area (Å²) in [7, 11) is 3.39. The third-order valence-corrected chi connectivity index (χ3v) is 4.91. The average molecular weight is 405 g/mol. The highest BCUT2D eigenvalue weighted by molar-refractivity contribution is 5.90. The predicted octanol–water partition coefficient (Wildman–Crippen LogP) is 4.78. The van der Waals surface area contributed by atoms with E-state index in [0.29, 0.717) is 23.7 Å². The van der Waals surface area contributed by atoms with E-state index < -0.39 is 12.1 Å². The lowest BCUT2D eigenvalue weighted by Gasteiger charge is -2.24. The van der Waals surface area contributed by atoms with E-state index in [2.05, 4.69) is 5.32 Å². The molecular weight excluding hydrogens is 378 g/mol. The number of benzene rings is 3. The molecule has 3 rings (SSSR count). The van der Waals surface area contributed by atoms with E-state index in [-0.39, 0.29) is 6.04 Å². The van der Waals surface area contributed by atoms with Crippen molar-refractivity contribution in [3.05, 3.63) is 95.6 Å². The van der Waals surface area contributed by atoms with E-state index in [9.17, 15) is 4.79 Å². The van der Waals surface area contributed by atoms with Gasteiger partial charge in [0, 0.05) is 6.04 Å². The first-order chi connectivity index (χ1) is 14.6. The Morgan fingerprint density at radius 3 is 2.23 bits per heavy atom. The van der Waals surface area contributed by atoms with Crippen LogP contribution in [-0.2, 0) is 11.3 Å². The predicted molar refractivity (Wildman–Crippen MR) is 117 cm³/mol. The van der Waals surface area contributed by atoms with Crippen molar-refractivity contribution in [2.75, 3.05) is 14.2 Å². The van der Waals surface area contributed by atoms with Crippen molar-refractivity contribution in [1.82, 2.24) is 5.32 Å². The van der Waals surface area contributed by atoms with E-state index in [1.807, 2.05) is 74.6 Å². The molecular formula is C25H27NO4. The van der Waals surface area contributed by atoms with Gasteiger partial charge in [0.1, 0.15) is 12.7 Å². The fourth-order valence-electron chi connectivity index (χ4n) is 3.09. The summed E-state index contributed by atoms with van der Waals surface area (Å²) in [6.07, 6.45) is -0.413. The Morgan fingerprint density at radius 1 is 0.933 bits per heavy atom. The number of nitrogens with one attached hydrogen (secondary N) is 1. The summed E-state index contributed by atoms with van der Waals surface area (Å²) < 4.78 is 17.2. The van der Waals surface area contributed by atoms with Crippen LogP contribution >= 0.6 is 0 Å². The third-order valence-electron chi connectivity index (χ3n) is 4.91. The molecule has 30 heavy (non-hydrogen) atoms. The molecule has 0 heterocycles. The van der Waals surface area contributed by atoms with Gasteiger partial charge in [-0.15, -0.1) is 0 Å². The van der Waals surface area contributed by atoms with Crippen LogP contribution in [0.3, 0.4) is 0 Å². The highest BCUT2D eigenvalue weighted by Gasteiger charge is 2.24. The van der Waals surface area contributed by atoms with Gasteiger partial charge in [-0.3, -0.25) is 0 Å². The lowest BCUT2D eigenvalue weighted by molar-refractivity contribution is 0.0219. The number of esters is 1. The molecule has 5 nitrogen and oxygen atoms in total. The van der Waals surface area contributed by atoms with Crippen molar-refractivity contribution in [3.8, 4) is 11.5 Å². The number of carbonyl (C=O) groups excluding carboxylic acids is 1. The van der Waals surface area contributed by atoms with Crippen molar-refractivity contribution in [2.45, 2.75) is 25.7 Å². The van der Waals surface area contributed by atoms with E-state index in [1.54, 1.807) is 25.3 Å². The second-order valence-electron chi connectivity index (χ2n) is 6.95. The lowest BCUT2D eigenvalue weighted by atomic mass is 10.0. The van der Waals surface area contributed by atoms with E-state index in [1.165, 1.54) is 0 Å². The Balaban J connectivity index is 1.75. The van der Waals surface area contributed by atoms with Crippen LogP contribution in [0, 0.1) is 0 Å². The standard InChI is InChI=1S/C25H27NO4/c1-18(26-2)24(20-12-8-5-9-13-20)30-25(27)21-14-15-22(23(16-21)28-3)29-17-19-10-6-4-7-11-19/h4-16,18,24,26H,17H2,1-3H3. The zero-order valence-corrected chi connectivity index (χ0v) is 17.5. The summed E-state index contributed by atoms with van der Waals surface area (Å²) in [5.41, 5.74) is 2.39. The molecule has 0 aliphatic carbocycles. The molecule has 0 spiro atoms. The van der Waals surface area contributed by atoms with Gasteiger partial charge in [-0.2, -0.15) is 0 Å². The largest absolute Gasteiger partial charge is 0.493 e. The number of carbonyl (C=O) groups is 1. The van der Waals surface area contributed by atoms with Gasteiger partial charge in [0.2, 0.25) is 0 Å². The maximum Gasteiger partial charge on any atom is 0.338 e. The molecule has 156 valence electrons. The van der Waals surface area contributed by atoms with Gasteiger partial charge in [0.25, 0.3) is 0 Å². The molecule has 3 aromatic carbocycles. The fourth-order valence-corrected chi connectivity index (χ4v) is 3.09. The van der Waals surface area contributed by atoms with E-state index in [4.69, 9.17) is 14.2 Å². The Kier molecular flexibility index (Phi) is 7.46. The molecule has 2 atom stereocenters. The molecule has 1 N–H and O–H groups in total. The van der Waals surface area contributed by atoms with Crippen LogP contribution in [0.1, 0.15) is 34.5 Å². The third kappa shape index (κ3) is 5.39. The van der Waals surface area contributed by atoms with Crippen LogP contribution in [-0.4, -0.2) is 26.2 Å². The Morgan fingerprint density at radius 2 is 1.60 bits per heavy atom. The minimum atomic E-state index is -0.418. The molecule has 0 radical (unpaired) electrons. The van der Waals surface area contributed by atoms with Gasteiger partial charge < -0.3 is 19.5 Å². The molecule has 0 aliphatic rings. The summed E-state index contributed by atoms with van der Waals surface area (Å²) in [6, 6.07) is 24.6. The van der Waals surface area contributed by atoms with Gasteiger partial charge in [-0.1, -0.05) is 60.7 Å². The monoisotopic (exact) mass is 405 g/mol. The second kappa shape index (κ2) is 10.5. The minimum Gasteiger partial charge on any atom is -0.493 e. The van der Waals surface area contributed by atoms with Crippen molar-refractivity contribution in [3.63, 3.8) is 0 Å². The van der Waals surface area contributed by atoms with Crippen LogP contribution in [0.5, 0.6) is 11.5 Å². The first-order valence-electron chi connectivity index (χ1n) is 9.90. The summed E-state index contributed by atoms with van der Waals surface area (Å²) in [6.45, 7) is 2.39. The number of methoxy groups -OCH3 is 1. The van der Waals surface area contributed by atoms with Gasteiger partial charge in [-0.25, -0.2) is 4.79 Å². The average Bonchev–Trinajstić information content (AvgIpc) is 2.81. The lowest BCUT2D eigenvalue weighted by Crippen LogP contribution is -2.32. The maximum atomic E-state index is 12.9. The molecule has 0 aliphatic heterocycles. The molecule has 0 amide bonds. The van der Waals surface area contributed by atoms with Crippen LogP contribution < -0.4 is 14.8 Å². The van der Waals surface area contributed by atoms with Crippen molar-refractivity contribution in [1.29, 1.82) is 0 Å². The quantitative estimate of drug-likeness (QED) is 0.519. The highest BCUT2D eigenvalue weighted by Crippen LogP contribution is 2.30. The van der Waals surface area contributed by atoms with Crippen molar-refractivity contribution in [2.24, 2.45) is 0 Å². The van der Waals surface area contributed by atoms with Gasteiger partial charge in [0.05, 0.1) is 12.7 Å². The van der Waals surface area contributed by atoms with Gasteiger partial charge in [-0.05, 0) is 43.3 Å². The van der Waals surface area contributed by atoms with Crippen LogP contribution in [0.15, 0.2) is 78.9 Å². The Bertz CT molecular complexity index is 944. The maximum absolute atomic E-state index is 12.9. The molecule has 3 aromatic rings. The van der Waals surface area contributed by atoms with Crippen LogP contribution in [0.25, 0.3) is 0 Å². The van der Waals surface area contributed by atoms with Crippen molar-refractivity contribution >= 4 is 5.97 Å². The summed E-state index contributed by atoms with van der Waals surface area (Å²) >= 11 is 0. The first-order valence-corrected chi connectivity index (χ1v) is 9.90. The fraction of sp³-hybridized carbons (Fsp3) is 0.240. The zero-order chi connectivity index (χ0) is 21.3. The van der Waals surface area contributed by atoms with Crippen LogP contribution in [0.4, 0.5) is 0 Å².